The summed E-state index contributed by atoms with van der Waals surface area (Å²) in [6.45, 7) is 7.31. The molecule has 1 heterocycles. The second-order valence-electron chi connectivity index (χ2n) is 4.81. The molecule has 2 N–H and O–H groups in total. The first-order valence-corrected chi connectivity index (χ1v) is 6.45. The first-order chi connectivity index (χ1) is 8.68. The van der Waals surface area contributed by atoms with E-state index in [2.05, 4.69) is 25.2 Å². The van der Waals surface area contributed by atoms with Crippen molar-refractivity contribution in [2.24, 2.45) is 0 Å². The van der Waals surface area contributed by atoms with E-state index < -0.39 is 0 Å². The summed E-state index contributed by atoms with van der Waals surface area (Å²) in [4.78, 5) is 2.01. The summed E-state index contributed by atoms with van der Waals surface area (Å²) in [5, 5.41) is 11.3. The van der Waals surface area contributed by atoms with Crippen LogP contribution in [0.5, 0.6) is 0 Å². The van der Waals surface area contributed by atoms with Crippen LogP contribution < -0.4 is 5.32 Å². The topological polar surface area (TPSA) is 48.4 Å². The normalized spacial score (nSPS) is 15.0. The molecule has 0 amide bonds. The third-order valence-electron chi connectivity index (χ3n) is 3.16. The maximum Gasteiger partial charge on any atom is 0.195 e. The van der Waals surface area contributed by atoms with Gasteiger partial charge in [0.25, 0.3) is 0 Å². The summed E-state index contributed by atoms with van der Waals surface area (Å²) in [5.41, 5.74) is 2.28. The minimum atomic E-state index is 0. The van der Waals surface area contributed by atoms with E-state index in [1.165, 1.54) is 5.56 Å². The molecule has 2 rings (SSSR count). The van der Waals surface area contributed by atoms with Crippen molar-refractivity contribution in [1.82, 2.24) is 4.90 Å². The van der Waals surface area contributed by atoms with E-state index in [4.69, 9.17) is 10.1 Å². The molecule has 0 aromatic heterocycles. The molecule has 0 saturated carbocycles. The highest BCUT2D eigenvalue weighted by Gasteiger charge is 2.15. The Balaban J connectivity index is 0.00000180. The average molecular weight is 375 g/mol. The maximum atomic E-state index is 8.12. The second-order valence-corrected chi connectivity index (χ2v) is 4.81. The molecule has 1 aromatic rings. The van der Waals surface area contributed by atoms with Gasteiger partial charge in [0.1, 0.15) is 0 Å². The van der Waals surface area contributed by atoms with Crippen molar-refractivity contribution in [1.29, 1.82) is 5.41 Å². The van der Waals surface area contributed by atoms with Gasteiger partial charge in [0.2, 0.25) is 0 Å². The molecule has 1 saturated heterocycles. The lowest BCUT2D eigenvalue weighted by Crippen LogP contribution is -2.43. The number of guanidine groups is 1. The molecular weight excluding hydrogens is 353 g/mol. The molecule has 0 atom stereocenters. The number of ether oxygens (including phenoxy) is 1. The molecule has 4 nitrogen and oxygen atoms in total. The van der Waals surface area contributed by atoms with Crippen molar-refractivity contribution in [2.45, 2.75) is 19.8 Å². The Morgan fingerprint density at radius 1 is 1.26 bits per heavy atom. The molecule has 0 unspecified atom stereocenters. The van der Waals surface area contributed by atoms with Crippen molar-refractivity contribution in [3.8, 4) is 0 Å². The van der Waals surface area contributed by atoms with Crippen LogP contribution in [0.15, 0.2) is 24.3 Å². The van der Waals surface area contributed by atoms with Crippen LogP contribution >= 0.6 is 24.0 Å². The lowest BCUT2D eigenvalue weighted by molar-refractivity contribution is 0.0677. The Bertz CT molecular complexity index is 417. The van der Waals surface area contributed by atoms with Crippen LogP contribution in [-0.4, -0.2) is 37.2 Å². The van der Waals surface area contributed by atoms with E-state index in [1.54, 1.807) is 0 Å². The average Bonchev–Trinajstić information content (AvgIpc) is 2.40. The van der Waals surface area contributed by atoms with Crippen molar-refractivity contribution >= 4 is 35.6 Å². The van der Waals surface area contributed by atoms with Crippen molar-refractivity contribution in [2.75, 3.05) is 31.6 Å². The molecule has 19 heavy (non-hydrogen) atoms. The molecule has 1 aromatic carbocycles. The van der Waals surface area contributed by atoms with Gasteiger partial charge < -0.3 is 15.0 Å². The minimum absolute atomic E-state index is 0. The van der Waals surface area contributed by atoms with Crippen LogP contribution in [0.25, 0.3) is 0 Å². The fraction of sp³-hybridized carbons (Fsp3) is 0.500. The Labute approximate surface area is 132 Å². The van der Waals surface area contributed by atoms with Crippen molar-refractivity contribution < 1.29 is 4.74 Å². The molecule has 0 bridgehead atoms. The number of hydrogen-bond acceptors (Lipinski definition) is 2. The number of hydrogen-bond donors (Lipinski definition) is 2. The fourth-order valence-corrected chi connectivity index (χ4v) is 2.11. The third kappa shape index (κ3) is 4.35. The maximum absolute atomic E-state index is 8.12. The van der Waals surface area contributed by atoms with Gasteiger partial charge in [-0.3, -0.25) is 5.41 Å². The highest BCUT2D eigenvalue weighted by atomic mass is 127. The van der Waals surface area contributed by atoms with Crippen LogP contribution in [-0.2, 0) is 4.74 Å². The van der Waals surface area contributed by atoms with Gasteiger partial charge in [0, 0.05) is 18.8 Å². The molecule has 0 spiro atoms. The summed E-state index contributed by atoms with van der Waals surface area (Å²) in [6.07, 6.45) is 0. The lowest BCUT2D eigenvalue weighted by atomic mass is 10.0. The summed E-state index contributed by atoms with van der Waals surface area (Å²) in [6, 6.07) is 8.18. The Kier molecular flexibility index (Phi) is 6.57. The van der Waals surface area contributed by atoms with Crippen LogP contribution in [0.1, 0.15) is 25.3 Å². The van der Waals surface area contributed by atoms with Gasteiger partial charge in [0.15, 0.2) is 5.96 Å². The quantitative estimate of drug-likeness (QED) is 0.475. The molecule has 5 heteroatoms. The minimum Gasteiger partial charge on any atom is -0.378 e. The first-order valence-electron chi connectivity index (χ1n) is 6.45. The predicted octanol–water partition coefficient (Wildman–Crippen LogP) is 3.11. The third-order valence-corrected chi connectivity index (χ3v) is 3.16. The Morgan fingerprint density at radius 2 is 1.89 bits per heavy atom. The zero-order valence-corrected chi connectivity index (χ0v) is 13.8. The molecular formula is C14H22IN3O. The second kappa shape index (κ2) is 7.69. The van der Waals surface area contributed by atoms with Gasteiger partial charge in [-0.2, -0.15) is 0 Å². The molecule has 0 radical (unpaired) electrons. The van der Waals surface area contributed by atoms with Crippen LogP contribution in [0.3, 0.4) is 0 Å². The van der Waals surface area contributed by atoms with Gasteiger partial charge in [-0.05, 0) is 17.5 Å². The molecule has 106 valence electrons. The van der Waals surface area contributed by atoms with E-state index in [0.29, 0.717) is 25.1 Å². The molecule has 1 fully saturated rings. The van der Waals surface area contributed by atoms with Crippen LogP contribution in [0.4, 0.5) is 5.69 Å². The molecule has 0 aliphatic carbocycles. The molecule has 1 aliphatic rings. The van der Waals surface area contributed by atoms with E-state index in [1.807, 2.05) is 23.1 Å². The highest BCUT2D eigenvalue weighted by Crippen LogP contribution is 2.23. The van der Waals surface area contributed by atoms with E-state index in [9.17, 15) is 0 Å². The number of halogens is 1. The van der Waals surface area contributed by atoms with Crippen molar-refractivity contribution in [3.63, 3.8) is 0 Å². The number of anilines is 1. The van der Waals surface area contributed by atoms with E-state index in [0.717, 1.165) is 18.8 Å². The van der Waals surface area contributed by atoms with Crippen LogP contribution in [0, 0.1) is 5.41 Å². The summed E-state index contributed by atoms with van der Waals surface area (Å²) >= 11 is 0. The smallest absolute Gasteiger partial charge is 0.195 e. The highest BCUT2D eigenvalue weighted by molar-refractivity contribution is 14.0. The van der Waals surface area contributed by atoms with Gasteiger partial charge in [-0.1, -0.05) is 32.0 Å². The van der Waals surface area contributed by atoms with Gasteiger partial charge >= 0.3 is 0 Å². The lowest BCUT2D eigenvalue weighted by Gasteiger charge is -2.29. The zero-order valence-electron chi connectivity index (χ0n) is 11.5. The molecule has 1 aliphatic heterocycles. The summed E-state index contributed by atoms with van der Waals surface area (Å²) in [7, 11) is 0. The Hall–Kier alpha value is -0.820. The summed E-state index contributed by atoms with van der Waals surface area (Å²) in [5.74, 6) is 0.914. The number of benzene rings is 1. The standard InChI is InChI=1S/C14H21N3O.HI/c1-11(2)12-5-3-4-6-13(12)16-14(15)17-7-9-18-10-8-17;/h3-6,11H,7-10H2,1-2H3,(H2,15,16);1H. The van der Waals surface area contributed by atoms with Gasteiger partial charge in [-0.15, -0.1) is 24.0 Å². The van der Waals surface area contributed by atoms with Gasteiger partial charge in [0.05, 0.1) is 13.2 Å². The largest absolute Gasteiger partial charge is 0.378 e. The number of nitrogens with zero attached hydrogens (tertiary/aromatic N) is 1. The fourth-order valence-electron chi connectivity index (χ4n) is 2.11. The monoisotopic (exact) mass is 375 g/mol. The van der Waals surface area contributed by atoms with Crippen LogP contribution in [0.2, 0.25) is 0 Å². The number of para-hydroxylation sites is 1. The predicted molar refractivity (Wildman–Crippen MR) is 89.7 cm³/mol. The summed E-state index contributed by atoms with van der Waals surface area (Å²) < 4.78 is 5.30. The van der Waals surface area contributed by atoms with E-state index in [-0.39, 0.29) is 24.0 Å². The van der Waals surface area contributed by atoms with Crippen molar-refractivity contribution in [3.05, 3.63) is 29.8 Å². The number of morpholine rings is 1. The zero-order chi connectivity index (χ0) is 13.0. The number of rotatable bonds is 2. The first kappa shape index (κ1) is 16.2. The Morgan fingerprint density at radius 3 is 2.53 bits per heavy atom. The SMILES string of the molecule is CC(C)c1ccccc1NC(=N)N1CCOCC1.I. The van der Waals surface area contributed by atoms with E-state index >= 15 is 0 Å². The van der Waals surface area contributed by atoms with Gasteiger partial charge in [-0.25, -0.2) is 0 Å². The number of nitrogens with one attached hydrogen (secondary N) is 2.